The van der Waals surface area contributed by atoms with Crippen molar-refractivity contribution in [2.45, 2.75) is 0 Å². The van der Waals surface area contributed by atoms with Crippen molar-refractivity contribution < 1.29 is 4.42 Å². The first-order valence-corrected chi connectivity index (χ1v) is 21.2. The minimum atomic E-state index is 0.899. The maximum Gasteiger partial charge on any atom is 0.143 e. The summed E-state index contributed by atoms with van der Waals surface area (Å²) >= 11 is 0. The molecule has 0 saturated heterocycles. The second-order valence-electron chi connectivity index (χ2n) is 15.6. The summed E-state index contributed by atoms with van der Waals surface area (Å²) < 4.78 is 6.48. The van der Waals surface area contributed by atoms with Crippen LogP contribution in [0.5, 0.6) is 0 Å². The van der Waals surface area contributed by atoms with Crippen LogP contribution in [-0.4, -0.2) is 0 Å². The molecule has 10 aromatic carbocycles. The van der Waals surface area contributed by atoms with E-state index in [4.69, 9.17) is 4.42 Å². The molecule has 0 spiro atoms. The third-order valence-corrected chi connectivity index (χ3v) is 11.9. The summed E-state index contributed by atoms with van der Waals surface area (Å²) in [6, 6.07) is 89.1. The Morgan fingerprint density at radius 3 is 1.40 bits per heavy atom. The molecule has 2 nitrogen and oxygen atoms in total. The molecule has 1 heterocycles. The lowest BCUT2D eigenvalue weighted by atomic mass is 9.86. The van der Waals surface area contributed by atoms with Gasteiger partial charge in [0.25, 0.3) is 0 Å². The van der Waals surface area contributed by atoms with Crippen LogP contribution < -0.4 is 4.90 Å². The molecule has 0 atom stereocenters. The first kappa shape index (κ1) is 36.8. The monoisotopic (exact) mass is 791 g/mol. The number of fused-ring (bicyclic) bond motifs is 3. The predicted molar refractivity (Wildman–Crippen MR) is 261 cm³/mol. The average molecular weight is 792 g/mol. The summed E-state index contributed by atoms with van der Waals surface area (Å²) in [7, 11) is 0. The molecule has 0 radical (unpaired) electrons. The van der Waals surface area contributed by atoms with Crippen molar-refractivity contribution in [2.75, 3.05) is 4.90 Å². The summed E-state index contributed by atoms with van der Waals surface area (Å²) in [5.74, 6) is 0. The third-order valence-electron chi connectivity index (χ3n) is 11.9. The van der Waals surface area contributed by atoms with Crippen LogP contribution in [0.3, 0.4) is 0 Å². The summed E-state index contributed by atoms with van der Waals surface area (Å²) in [4.78, 5) is 2.40. The van der Waals surface area contributed by atoms with Crippen LogP contribution in [0.15, 0.2) is 253 Å². The van der Waals surface area contributed by atoms with Gasteiger partial charge in [-0.25, -0.2) is 0 Å². The lowest BCUT2D eigenvalue weighted by molar-refractivity contribution is 0.670. The second kappa shape index (κ2) is 16.1. The van der Waals surface area contributed by atoms with E-state index in [1.54, 1.807) is 0 Å². The molecule has 0 amide bonds. The molecule has 0 saturated carbocycles. The maximum absolute atomic E-state index is 6.48. The van der Waals surface area contributed by atoms with Crippen LogP contribution >= 0.6 is 0 Å². The topological polar surface area (TPSA) is 16.4 Å². The van der Waals surface area contributed by atoms with Crippen LogP contribution in [0.2, 0.25) is 0 Å². The molecule has 11 rings (SSSR count). The Labute approximate surface area is 362 Å². The normalized spacial score (nSPS) is 11.2. The van der Waals surface area contributed by atoms with Gasteiger partial charge in [0.15, 0.2) is 0 Å². The van der Waals surface area contributed by atoms with Crippen molar-refractivity contribution in [1.29, 1.82) is 0 Å². The zero-order chi connectivity index (χ0) is 41.2. The highest BCUT2D eigenvalue weighted by atomic mass is 16.3. The zero-order valence-electron chi connectivity index (χ0n) is 34.0. The molecular formula is C60H41NO. The highest BCUT2D eigenvalue weighted by Crippen LogP contribution is 2.47. The van der Waals surface area contributed by atoms with Gasteiger partial charge in [-0.3, -0.25) is 0 Å². The molecule has 0 fully saturated rings. The van der Waals surface area contributed by atoms with Gasteiger partial charge in [0.1, 0.15) is 11.2 Å². The van der Waals surface area contributed by atoms with E-state index in [1.165, 1.54) is 44.5 Å². The lowest BCUT2D eigenvalue weighted by Gasteiger charge is -2.29. The SMILES string of the molecule is c1ccc(-c2ccc(N(c3ccc(-c4cccc5c4oc4ccccc45)cc3)c3ccccc3-c3cc(-c4ccccc4)ccc3-c3ccccc3-c3ccccc3)cc2)cc1. The number of rotatable bonds is 9. The van der Waals surface area contributed by atoms with Gasteiger partial charge < -0.3 is 9.32 Å². The number of hydrogen-bond acceptors (Lipinski definition) is 2. The Hall–Kier alpha value is -8.20. The van der Waals surface area contributed by atoms with Crippen LogP contribution in [-0.2, 0) is 0 Å². The lowest BCUT2D eigenvalue weighted by Crippen LogP contribution is -2.11. The van der Waals surface area contributed by atoms with Gasteiger partial charge in [0.2, 0.25) is 0 Å². The number of nitrogens with zero attached hydrogens (tertiary/aromatic N) is 1. The van der Waals surface area contributed by atoms with Crippen LogP contribution in [0.25, 0.3) is 88.7 Å². The molecule has 62 heavy (non-hydrogen) atoms. The number of hydrogen-bond donors (Lipinski definition) is 0. The Balaban J connectivity index is 1.10. The molecule has 292 valence electrons. The van der Waals surface area contributed by atoms with E-state index in [9.17, 15) is 0 Å². The summed E-state index contributed by atoms with van der Waals surface area (Å²) in [6.07, 6.45) is 0. The fraction of sp³-hybridized carbons (Fsp3) is 0. The van der Waals surface area contributed by atoms with E-state index >= 15 is 0 Å². The summed E-state index contributed by atoms with van der Waals surface area (Å²) in [6.45, 7) is 0. The average Bonchev–Trinajstić information content (AvgIpc) is 3.75. The molecule has 11 aromatic rings. The predicted octanol–water partition coefficient (Wildman–Crippen LogP) is 17.1. The van der Waals surface area contributed by atoms with Crippen molar-refractivity contribution in [3.8, 4) is 66.8 Å². The minimum Gasteiger partial charge on any atom is -0.455 e. The standard InChI is InChI=1S/C60H41NO/c1-4-17-42(18-5-1)44-31-36-48(37-32-44)61(49-38-33-46(34-39-49)51-27-16-28-56-55-26-13-15-30-59(55)62-60(51)56)58-29-14-12-25-54(58)57-41-47(43-19-6-2-7-20-43)35-40-53(57)52-24-11-10-23-50(52)45-21-8-3-9-22-45/h1-41H. The summed E-state index contributed by atoms with van der Waals surface area (Å²) in [5, 5.41) is 2.25. The van der Waals surface area contributed by atoms with Crippen molar-refractivity contribution in [2.24, 2.45) is 0 Å². The van der Waals surface area contributed by atoms with Gasteiger partial charge in [-0.1, -0.05) is 206 Å². The van der Waals surface area contributed by atoms with E-state index in [0.717, 1.165) is 61.3 Å². The molecule has 2 heteroatoms. The smallest absolute Gasteiger partial charge is 0.143 e. The van der Waals surface area contributed by atoms with Crippen molar-refractivity contribution in [1.82, 2.24) is 0 Å². The third kappa shape index (κ3) is 6.84. The molecule has 0 unspecified atom stereocenters. The van der Waals surface area contributed by atoms with E-state index < -0.39 is 0 Å². The first-order chi connectivity index (χ1) is 30.8. The Kier molecular flexibility index (Phi) is 9.57. The van der Waals surface area contributed by atoms with Crippen LogP contribution in [0.1, 0.15) is 0 Å². The van der Waals surface area contributed by atoms with Crippen molar-refractivity contribution >= 4 is 39.0 Å². The van der Waals surface area contributed by atoms with Gasteiger partial charge in [-0.05, 0) is 98.1 Å². The quantitative estimate of drug-likeness (QED) is 0.145. The van der Waals surface area contributed by atoms with E-state index in [1.807, 2.05) is 12.1 Å². The number of para-hydroxylation sites is 3. The van der Waals surface area contributed by atoms with E-state index in [-0.39, 0.29) is 0 Å². The summed E-state index contributed by atoms with van der Waals surface area (Å²) in [5.41, 5.74) is 18.9. The van der Waals surface area contributed by atoms with Gasteiger partial charge in [-0.15, -0.1) is 0 Å². The second-order valence-corrected chi connectivity index (χ2v) is 15.6. The maximum atomic E-state index is 6.48. The Morgan fingerprint density at radius 1 is 0.258 bits per heavy atom. The largest absolute Gasteiger partial charge is 0.455 e. The number of anilines is 3. The highest BCUT2D eigenvalue weighted by Gasteiger charge is 2.22. The fourth-order valence-corrected chi connectivity index (χ4v) is 8.92. The molecule has 0 aliphatic rings. The first-order valence-electron chi connectivity index (χ1n) is 21.2. The van der Waals surface area contributed by atoms with Crippen LogP contribution in [0, 0.1) is 0 Å². The molecule has 0 aliphatic carbocycles. The molecule has 0 aliphatic heterocycles. The van der Waals surface area contributed by atoms with Gasteiger partial charge in [0.05, 0.1) is 5.69 Å². The van der Waals surface area contributed by atoms with E-state index in [0.29, 0.717) is 0 Å². The Bertz CT molecular complexity index is 3310. The Morgan fingerprint density at radius 2 is 0.710 bits per heavy atom. The number of furan rings is 1. The van der Waals surface area contributed by atoms with Gasteiger partial charge >= 0.3 is 0 Å². The van der Waals surface area contributed by atoms with Crippen molar-refractivity contribution in [3.05, 3.63) is 249 Å². The molecule has 0 N–H and O–H groups in total. The number of benzene rings is 10. The minimum absolute atomic E-state index is 0.899. The zero-order valence-corrected chi connectivity index (χ0v) is 34.0. The van der Waals surface area contributed by atoms with E-state index in [2.05, 4.69) is 241 Å². The molecule has 1 aromatic heterocycles. The fourth-order valence-electron chi connectivity index (χ4n) is 8.92. The van der Waals surface area contributed by atoms with Crippen LogP contribution in [0.4, 0.5) is 17.1 Å². The highest BCUT2D eigenvalue weighted by molar-refractivity contribution is 6.09. The van der Waals surface area contributed by atoms with Gasteiger partial charge in [0, 0.05) is 33.3 Å². The molecule has 0 bridgehead atoms. The molecular weight excluding hydrogens is 751 g/mol. The van der Waals surface area contributed by atoms with Crippen molar-refractivity contribution in [3.63, 3.8) is 0 Å². The van der Waals surface area contributed by atoms with Gasteiger partial charge in [-0.2, -0.15) is 0 Å².